The minimum atomic E-state index is -0.540. The smallest absolute Gasteiger partial charge is 0.165 e. The summed E-state index contributed by atoms with van der Waals surface area (Å²) in [6.07, 6.45) is 3.72. The van der Waals surface area contributed by atoms with Crippen LogP contribution in [0.3, 0.4) is 0 Å². The lowest BCUT2D eigenvalue weighted by Gasteiger charge is -2.42. The Hall–Kier alpha value is -1.36. The second-order valence-corrected chi connectivity index (χ2v) is 11.7. The van der Waals surface area contributed by atoms with Crippen molar-refractivity contribution in [3.63, 3.8) is 0 Å². The lowest BCUT2D eigenvalue weighted by atomic mass is 9.62. The molecule has 1 saturated carbocycles. The summed E-state index contributed by atoms with van der Waals surface area (Å²) >= 11 is 0. The van der Waals surface area contributed by atoms with Gasteiger partial charge in [0.05, 0.1) is 6.42 Å². The normalized spacial score (nSPS) is 18.5. The first-order valence-electron chi connectivity index (χ1n) is 11.6. The zero-order chi connectivity index (χ0) is 25.2. The summed E-state index contributed by atoms with van der Waals surface area (Å²) in [5.41, 5.74) is 0.849. The zero-order valence-corrected chi connectivity index (χ0v) is 22.1. The van der Waals surface area contributed by atoms with Crippen LogP contribution in [0, 0.1) is 33.5 Å². The van der Waals surface area contributed by atoms with E-state index < -0.39 is 17.8 Å². The minimum absolute atomic E-state index is 0.0920. The van der Waals surface area contributed by atoms with Crippen LogP contribution in [0.1, 0.15) is 108 Å². The van der Waals surface area contributed by atoms with Gasteiger partial charge in [-0.05, 0) is 36.0 Å². The molecular weight excluding hydrogens is 390 g/mol. The summed E-state index contributed by atoms with van der Waals surface area (Å²) < 4.78 is 0. The first kappa shape index (κ1) is 31.8. The molecule has 0 heterocycles. The average Bonchev–Trinajstić information content (AvgIpc) is 2.57. The average molecular weight is 440 g/mol. The second-order valence-electron chi connectivity index (χ2n) is 11.7. The van der Waals surface area contributed by atoms with Crippen molar-refractivity contribution in [2.45, 2.75) is 108 Å². The molecule has 5 nitrogen and oxygen atoms in total. The summed E-state index contributed by atoms with van der Waals surface area (Å²) in [6.45, 7) is 21.7. The van der Waals surface area contributed by atoms with E-state index in [0.717, 1.165) is 37.3 Å². The first-order chi connectivity index (χ1) is 13.8. The number of nitrogens with one attached hydrogen (secondary N) is 1. The summed E-state index contributed by atoms with van der Waals surface area (Å²) in [6, 6.07) is 0. The fourth-order valence-corrected chi connectivity index (χ4v) is 2.91. The van der Waals surface area contributed by atoms with Crippen LogP contribution >= 0.6 is 0 Å². The van der Waals surface area contributed by atoms with Crippen LogP contribution in [-0.4, -0.2) is 34.8 Å². The molecule has 0 aromatic carbocycles. The Morgan fingerprint density at radius 1 is 0.839 bits per heavy atom. The molecule has 0 bridgehead atoms. The first-order valence-corrected chi connectivity index (χ1v) is 11.6. The van der Waals surface area contributed by atoms with Crippen LogP contribution in [-0.2, 0) is 14.4 Å². The molecule has 31 heavy (non-hydrogen) atoms. The van der Waals surface area contributed by atoms with Gasteiger partial charge in [-0.2, -0.15) is 0 Å². The third-order valence-electron chi connectivity index (χ3n) is 5.80. The van der Waals surface area contributed by atoms with Crippen molar-refractivity contribution in [1.29, 1.82) is 5.41 Å². The van der Waals surface area contributed by atoms with E-state index in [-0.39, 0.29) is 17.6 Å². The highest BCUT2D eigenvalue weighted by atomic mass is 16.3. The number of carbonyl (C=O) groups excluding carboxylic acids is 3. The number of carbonyl (C=O) groups is 3. The third-order valence-corrected chi connectivity index (χ3v) is 5.80. The third kappa shape index (κ3) is 13.6. The number of hydrogen-bond acceptors (Lipinski definition) is 5. The number of hydrogen-bond donors (Lipinski definition) is 2. The molecule has 0 aliphatic heterocycles. The monoisotopic (exact) mass is 439 g/mol. The molecule has 0 radical (unpaired) electrons. The van der Waals surface area contributed by atoms with Crippen LogP contribution in [0.2, 0.25) is 0 Å². The number of ketones is 3. The van der Waals surface area contributed by atoms with Gasteiger partial charge in [-0.25, -0.2) is 0 Å². The minimum Gasteiger partial charge on any atom is -0.389 e. The lowest BCUT2D eigenvalue weighted by molar-refractivity contribution is -0.133. The molecule has 2 N–H and O–H groups in total. The van der Waals surface area contributed by atoms with E-state index in [1.807, 2.05) is 13.8 Å². The Labute approximate surface area is 191 Å². The van der Waals surface area contributed by atoms with Gasteiger partial charge in [-0.1, -0.05) is 76.2 Å². The standard InChI is InChI=1S/C11H20O.C8H14O3.C7H15N/c1-5-10(12)8-6-9(7-8)11(2,3)4;1-8(2,3)7(11)4-6(10)5-9;1-5-6(8)7(2,3)4/h8-9H,5-7H2,1-4H3;9H,4-5H2,1-3H3;8H,5H2,1-4H3. The van der Waals surface area contributed by atoms with Crippen molar-refractivity contribution >= 4 is 23.1 Å². The molecule has 1 rings (SSSR count). The maximum atomic E-state index is 11.3. The van der Waals surface area contributed by atoms with Gasteiger partial charge in [0.15, 0.2) is 5.78 Å². The van der Waals surface area contributed by atoms with E-state index in [1.165, 1.54) is 0 Å². The van der Waals surface area contributed by atoms with Crippen molar-refractivity contribution in [3.8, 4) is 0 Å². The topological polar surface area (TPSA) is 95.3 Å². The van der Waals surface area contributed by atoms with Gasteiger partial charge in [-0.15, -0.1) is 0 Å². The van der Waals surface area contributed by atoms with Gasteiger partial charge < -0.3 is 10.5 Å². The molecule has 0 amide bonds. The Kier molecular flexibility index (Phi) is 13.6. The van der Waals surface area contributed by atoms with Gasteiger partial charge in [-0.3, -0.25) is 14.4 Å². The predicted octanol–water partition coefficient (Wildman–Crippen LogP) is 6.05. The second kappa shape index (κ2) is 13.2. The van der Waals surface area contributed by atoms with Crippen LogP contribution < -0.4 is 0 Å². The van der Waals surface area contributed by atoms with Gasteiger partial charge in [0.2, 0.25) is 0 Å². The highest BCUT2D eigenvalue weighted by Crippen LogP contribution is 2.45. The van der Waals surface area contributed by atoms with E-state index >= 15 is 0 Å². The summed E-state index contributed by atoms with van der Waals surface area (Å²) in [5.74, 6) is 1.11. The van der Waals surface area contributed by atoms with Crippen molar-refractivity contribution in [2.24, 2.45) is 28.1 Å². The van der Waals surface area contributed by atoms with Gasteiger partial charge in [0.25, 0.3) is 0 Å². The molecule has 1 aliphatic carbocycles. The van der Waals surface area contributed by atoms with Crippen LogP contribution in [0.25, 0.3) is 0 Å². The maximum absolute atomic E-state index is 11.3. The van der Waals surface area contributed by atoms with E-state index in [2.05, 4.69) is 41.5 Å². The molecule has 182 valence electrons. The van der Waals surface area contributed by atoms with E-state index in [9.17, 15) is 14.4 Å². The summed E-state index contributed by atoms with van der Waals surface area (Å²) in [4.78, 5) is 33.0. The number of aliphatic hydroxyl groups is 1. The number of Topliss-reactive ketones (excluding diaryl/α,β-unsaturated/α-hetero) is 3. The highest BCUT2D eigenvalue weighted by molar-refractivity contribution is 6.01. The molecular formula is C26H49NO4. The lowest BCUT2D eigenvalue weighted by Crippen LogP contribution is -2.37. The van der Waals surface area contributed by atoms with E-state index in [4.69, 9.17) is 10.5 Å². The predicted molar refractivity (Wildman–Crippen MR) is 130 cm³/mol. The van der Waals surface area contributed by atoms with Crippen molar-refractivity contribution in [2.75, 3.05) is 6.61 Å². The molecule has 0 aromatic heterocycles. The number of aliphatic hydroxyl groups excluding tert-OH is 1. The van der Waals surface area contributed by atoms with Crippen molar-refractivity contribution in [3.05, 3.63) is 0 Å². The van der Waals surface area contributed by atoms with E-state index in [0.29, 0.717) is 17.1 Å². The van der Waals surface area contributed by atoms with Crippen LogP contribution in [0.5, 0.6) is 0 Å². The van der Waals surface area contributed by atoms with Crippen LogP contribution in [0.15, 0.2) is 0 Å². The molecule has 1 fully saturated rings. The fourth-order valence-electron chi connectivity index (χ4n) is 2.91. The molecule has 0 atom stereocenters. The van der Waals surface area contributed by atoms with Crippen LogP contribution in [0.4, 0.5) is 0 Å². The van der Waals surface area contributed by atoms with Crippen molar-refractivity contribution < 1.29 is 19.5 Å². The Bertz CT molecular complexity index is 594. The van der Waals surface area contributed by atoms with Gasteiger partial charge >= 0.3 is 0 Å². The quantitative estimate of drug-likeness (QED) is 0.389. The zero-order valence-electron chi connectivity index (χ0n) is 22.1. The van der Waals surface area contributed by atoms with Gasteiger partial charge in [0, 0.05) is 23.5 Å². The highest BCUT2D eigenvalue weighted by Gasteiger charge is 2.39. The van der Waals surface area contributed by atoms with Gasteiger partial charge in [0.1, 0.15) is 18.2 Å². The molecule has 0 spiro atoms. The number of rotatable bonds is 6. The van der Waals surface area contributed by atoms with E-state index in [1.54, 1.807) is 20.8 Å². The molecule has 1 aliphatic rings. The Morgan fingerprint density at radius 3 is 1.52 bits per heavy atom. The summed E-state index contributed by atoms with van der Waals surface area (Å²) in [7, 11) is 0. The molecule has 5 heteroatoms. The molecule has 0 aromatic rings. The maximum Gasteiger partial charge on any atom is 0.165 e. The SMILES string of the molecule is CC(C)(C)C(=O)CC(=O)CO.CCC(=N)C(C)(C)C.CCC(=O)C1CC(C(C)(C)C)C1. The fraction of sp³-hybridized carbons (Fsp3) is 0.846. The molecule has 0 unspecified atom stereocenters. The largest absolute Gasteiger partial charge is 0.389 e. The molecule has 0 saturated heterocycles. The van der Waals surface area contributed by atoms with Crippen molar-refractivity contribution in [1.82, 2.24) is 0 Å². The Balaban J connectivity index is 0. The summed E-state index contributed by atoms with van der Waals surface area (Å²) in [5, 5.41) is 15.7. The Morgan fingerprint density at radius 2 is 1.29 bits per heavy atom.